The molecule has 1 aromatic carbocycles. The molecule has 8 heteroatoms. The summed E-state index contributed by atoms with van der Waals surface area (Å²) in [6.07, 6.45) is 3.06. The Balaban J connectivity index is 1.82. The van der Waals surface area contributed by atoms with Gasteiger partial charge in [0, 0.05) is 5.69 Å². The average Bonchev–Trinajstić information content (AvgIpc) is 2.89. The van der Waals surface area contributed by atoms with E-state index in [1.54, 1.807) is 19.1 Å². The van der Waals surface area contributed by atoms with E-state index in [1.165, 1.54) is 0 Å². The van der Waals surface area contributed by atoms with E-state index in [-0.39, 0.29) is 0 Å². The number of carbonyl (C=O) groups is 4. The van der Waals surface area contributed by atoms with Crippen molar-refractivity contribution >= 4 is 29.5 Å². The third kappa shape index (κ3) is 5.31. The number of esters is 1. The van der Waals surface area contributed by atoms with Crippen LogP contribution < -0.4 is 10.6 Å². The van der Waals surface area contributed by atoms with E-state index in [2.05, 4.69) is 10.6 Å². The van der Waals surface area contributed by atoms with Crippen LogP contribution in [0.1, 0.15) is 45.6 Å². The Morgan fingerprint density at radius 2 is 1.86 bits per heavy atom. The second-order valence-electron chi connectivity index (χ2n) is 7.02. The Kier molecular flexibility index (Phi) is 7.14. The fourth-order valence-electron chi connectivity index (χ4n) is 2.93. The molecule has 28 heavy (non-hydrogen) atoms. The first-order valence-electron chi connectivity index (χ1n) is 9.47. The van der Waals surface area contributed by atoms with E-state index in [9.17, 15) is 19.2 Å². The van der Waals surface area contributed by atoms with Crippen molar-refractivity contribution in [1.29, 1.82) is 0 Å². The lowest BCUT2D eigenvalue weighted by molar-refractivity contribution is -0.150. The summed E-state index contributed by atoms with van der Waals surface area (Å²) >= 11 is 0. The molecule has 0 spiro atoms. The number of unbranched alkanes of at least 4 members (excludes halogenated alkanes) is 1. The number of urea groups is 1. The molecule has 8 nitrogen and oxygen atoms in total. The lowest BCUT2D eigenvalue weighted by atomic mass is 9.95. The Morgan fingerprint density at radius 1 is 1.18 bits per heavy atom. The van der Waals surface area contributed by atoms with Crippen molar-refractivity contribution in [2.45, 2.75) is 52.0 Å². The molecule has 0 bridgehead atoms. The predicted molar refractivity (Wildman–Crippen MR) is 104 cm³/mol. The van der Waals surface area contributed by atoms with Crippen molar-refractivity contribution in [2.75, 3.05) is 18.5 Å². The molecule has 0 aliphatic carbocycles. The van der Waals surface area contributed by atoms with Crippen LogP contribution in [0.5, 0.6) is 0 Å². The summed E-state index contributed by atoms with van der Waals surface area (Å²) in [6.45, 7) is 4.65. The maximum atomic E-state index is 12.5. The van der Waals surface area contributed by atoms with Gasteiger partial charge in [-0.2, -0.15) is 0 Å². The lowest BCUT2D eigenvalue weighted by Gasteiger charge is -2.21. The summed E-state index contributed by atoms with van der Waals surface area (Å²) in [4.78, 5) is 49.2. The van der Waals surface area contributed by atoms with Crippen molar-refractivity contribution in [3.8, 4) is 0 Å². The van der Waals surface area contributed by atoms with Gasteiger partial charge in [0.1, 0.15) is 12.1 Å². The van der Waals surface area contributed by atoms with E-state index in [0.717, 1.165) is 29.7 Å². The smallest absolute Gasteiger partial charge is 0.326 e. The highest BCUT2D eigenvalue weighted by atomic mass is 16.5. The number of ether oxygens (including phenoxy) is 1. The molecular formula is C20H27N3O5. The summed E-state index contributed by atoms with van der Waals surface area (Å²) in [7, 11) is 0. The highest BCUT2D eigenvalue weighted by Crippen LogP contribution is 2.23. The number of amides is 4. The molecule has 1 fully saturated rings. The van der Waals surface area contributed by atoms with Gasteiger partial charge in [0.05, 0.1) is 0 Å². The van der Waals surface area contributed by atoms with Crippen molar-refractivity contribution < 1.29 is 23.9 Å². The average molecular weight is 389 g/mol. The number of aryl methyl sites for hydroxylation is 1. The van der Waals surface area contributed by atoms with Crippen LogP contribution in [0.25, 0.3) is 0 Å². The number of nitrogens with zero attached hydrogens (tertiary/aromatic N) is 1. The normalized spacial score (nSPS) is 18.8. The zero-order valence-electron chi connectivity index (χ0n) is 16.5. The SMILES string of the molecule is CCCC[C@@]1(C)NC(=O)N(CC(=O)OCC(=O)Nc2ccc(CC)cc2)C1=O. The van der Waals surface area contributed by atoms with Crippen LogP contribution in [0.4, 0.5) is 10.5 Å². The number of hydrogen-bond acceptors (Lipinski definition) is 5. The summed E-state index contributed by atoms with van der Waals surface area (Å²) in [5.74, 6) is -1.77. The summed E-state index contributed by atoms with van der Waals surface area (Å²) in [5.41, 5.74) is 0.734. The van der Waals surface area contributed by atoms with E-state index in [4.69, 9.17) is 4.74 Å². The molecule has 1 aliphatic rings. The first-order chi connectivity index (χ1) is 13.3. The molecule has 1 saturated heterocycles. The van der Waals surface area contributed by atoms with Gasteiger partial charge in [-0.1, -0.05) is 38.8 Å². The van der Waals surface area contributed by atoms with Gasteiger partial charge in [0.15, 0.2) is 6.61 Å². The van der Waals surface area contributed by atoms with Gasteiger partial charge in [-0.3, -0.25) is 19.3 Å². The zero-order chi connectivity index (χ0) is 20.7. The molecule has 0 radical (unpaired) electrons. The Hall–Kier alpha value is -2.90. The van der Waals surface area contributed by atoms with Crippen molar-refractivity contribution in [1.82, 2.24) is 10.2 Å². The number of rotatable bonds is 9. The maximum absolute atomic E-state index is 12.5. The van der Waals surface area contributed by atoms with Crippen molar-refractivity contribution in [2.24, 2.45) is 0 Å². The number of imide groups is 1. The van der Waals surface area contributed by atoms with Crippen LogP contribution in [0.2, 0.25) is 0 Å². The van der Waals surface area contributed by atoms with Gasteiger partial charge in [-0.25, -0.2) is 4.79 Å². The minimum absolute atomic E-state index is 0.455. The number of hydrogen-bond donors (Lipinski definition) is 2. The first-order valence-corrected chi connectivity index (χ1v) is 9.47. The van der Waals surface area contributed by atoms with Crippen LogP contribution in [-0.2, 0) is 25.5 Å². The largest absolute Gasteiger partial charge is 0.454 e. The van der Waals surface area contributed by atoms with E-state index >= 15 is 0 Å². The molecule has 0 unspecified atom stereocenters. The third-order valence-corrected chi connectivity index (χ3v) is 4.67. The van der Waals surface area contributed by atoms with Gasteiger partial charge in [0.25, 0.3) is 11.8 Å². The molecule has 1 aliphatic heterocycles. The molecule has 2 rings (SSSR count). The molecule has 0 saturated carbocycles. The maximum Gasteiger partial charge on any atom is 0.326 e. The molecule has 2 N–H and O–H groups in total. The fraction of sp³-hybridized carbons (Fsp3) is 0.500. The first kappa shape index (κ1) is 21.4. The molecule has 4 amide bonds. The van der Waals surface area contributed by atoms with Gasteiger partial charge in [-0.15, -0.1) is 0 Å². The zero-order valence-corrected chi connectivity index (χ0v) is 16.5. The van der Waals surface area contributed by atoms with E-state index < -0.39 is 42.5 Å². The van der Waals surface area contributed by atoms with Crippen molar-refractivity contribution in [3.63, 3.8) is 0 Å². The minimum Gasteiger partial charge on any atom is -0.454 e. The van der Waals surface area contributed by atoms with E-state index in [1.807, 2.05) is 26.0 Å². The van der Waals surface area contributed by atoms with Gasteiger partial charge in [-0.05, 0) is 37.5 Å². The van der Waals surface area contributed by atoms with Crippen LogP contribution in [-0.4, -0.2) is 47.4 Å². The second-order valence-corrected chi connectivity index (χ2v) is 7.02. The van der Waals surface area contributed by atoms with Gasteiger partial charge in [0.2, 0.25) is 0 Å². The fourth-order valence-corrected chi connectivity index (χ4v) is 2.93. The highest BCUT2D eigenvalue weighted by molar-refractivity contribution is 6.08. The van der Waals surface area contributed by atoms with Crippen LogP contribution in [0.15, 0.2) is 24.3 Å². The van der Waals surface area contributed by atoms with Gasteiger partial charge >= 0.3 is 12.0 Å². The molecule has 1 heterocycles. The van der Waals surface area contributed by atoms with E-state index in [0.29, 0.717) is 12.1 Å². The van der Waals surface area contributed by atoms with Crippen LogP contribution in [0, 0.1) is 0 Å². The molecule has 0 aromatic heterocycles. The molecular weight excluding hydrogens is 362 g/mol. The summed E-state index contributed by atoms with van der Waals surface area (Å²) in [6, 6.07) is 6.70. The second kappa shape index (κ2) is 9.34. The Labute approximate surface area is 164 Å². The number of anilines is 1. The number of carbonyl (C=O) groups excluding carboxylic acids is 4. The molecule has 152 valence electrons. The minimum atomic E-state index is -1.00. The van der Waals surface area contributed by atoms with Gasteiger partial charge < -0.3 is 15.4 Å². The van der Waals surface area contributed by atoms with Crippen molar-refractivity contribution in [3.05, 3.63) is 29.8 Å². The predicted octanol–water partition coefficient (Wildman–Crippen LogP) is 2.23. The Morgan fingerprint density at radius 3 is 2.46 bits per heavy atom. The monoisotopic (exact) mass is 389 g/mol. The Bertz CT molecular complexity index is 747. The topological polar surface area (TPSA) is 105 Å². The number of nitrogens with one attached hydrogen (secondary N) is 2. The highest BCUT2D eigenvalue weighted by Gasteiger charge is 2.47. The standard InChI is InChI=1S/C20H27N3O5/c1-4-6-11-20(3)18(26)23(19(27)22-20)12-17(25)28-13-16(24)21-15-9-7-14(5-2)8-10-15/h7-10H,4-6,11-13H2,1-3H3,(H,21,24)(H,22,27)/t20-/m1/s1. The summed E-state index contributed by atoms with van der Waals surface area (Å²) in [5, 5.41) is 5.25. The quantitative estimate of drug-likeness (QED) is 0.498. The molecule has 1 atom stereocenters. The van der Waals surface area contributed by atoms with Crippen LogP contribution in [0.3, 0.4) is 0 Å². The molecule has 1 aromatic rings. The number of benzene rings is 1. The summed E-state index contributed by atoms with van der Waals surface area (Å²) < 4.78 is 4.90. The third-order valence-electron chi connectivity index (χ3n) is 4.67. The van der Waals surface area contributed by atoms with Crippen LogP contribution >= 0.6 is 0 Å². The lowest BCUT2D eigenvalue weighted by Crippen LogP contribution is -2.44.